The second-order valence-electron chi connectivity index (χ2n) is 6.13. The molecule has 3 rings (SSSR count). The van der Waals surface area contributed by atoms with Crippen LogP contribution in [0.3, 0.4) is 0 Å². The van der Waals surface area contributed by atoms with E-state index < -0.39 is 12.0 Å². The highest BCUT2D eigenvalue weighted by Crippen LogP contribution is 2.37. The van der Waals surface area contributed by atoms with Crippen LogP contribution in [0.5, 0.6) is 5.75 Å². The number of carbonyl (C=O) groups is 2. The Labute approximate surface area is 162 Å². The Morgan fingerprint density at radius 1 is 1.37 bits per heavy atom. The summed E-state index contributed by atoms with van der Waals surface area (Å²) in [6.45, 7) is 5.63. The molecular weight excluding hydrogens is 364 g/mol. The molecular formula is C20H22N2O4S. The molecule has 2 atom stereocenters. The Balaban J connectivity index is 2.04. The molecule has 1 aromatic carbocycles. The lowest BCUT2D eigenvalue weighted by Gasteiger charge is -2.30. The maximum absolute atomic E-state index is 12.7. The third-order valence-electron chi connectivity index (χ3n) is 4.39. The number of esters is 1. The van der Waals surface area contributed by atoms with Crippen LogP contribution in [0.1, 0.15) is 26.3 Å². The molecule has 0 aromatic heterocycles. The number of ether oxygens (including phenoxy) is 2. The summed E-state index contributed by atoms with van der Waals surface area (Å²) in [6.07, 6.45) is 3.69. The van der Waals surface area contributed by atoms with Crippen molar-refractivity contribution in [2.24, 2.45) is 4.99 Å². The van der Waals surface area contributed by atoms with Crippen LogP contribution in [0.15, 0.2) is 46.6 Å². The SMILES string of the molecule is CCOC(=O)C1=C(C)N=C2SC(C)C(=O)N2C1C=Cc1ccccc1OC. The third kappa shape index (κ3) is 3.64. The molecule has 2 aliphatic rings. The van der Waals surface area contributed by atoms with Gasteiger partial charge < -0.3 is 9.47 Å². The van der Waals surface area contributed by atoms with Crippen molar-refractivity contribution in [3.63, 3.8) is 0 Å². The van der Waals surface area contributed by atoms with Gasteiger partial charge in [-0.05, 0) is 26.8 Å². The van der Waals surface area contributed by atoms with Crippen LogP contribution in [0.25, 0.3) is 6.08 Å². The lowest BCUT2D eigenvalue weighted by atomic mass is 10.00. The average molecular weight is 386 g/mol. The number of para-hydroxylation sites is 1. The molecule has 6 nitrogen and oxygen atoms in total. The minimum Gasteiger partial charge on any atom is -0.496 e. The fourth-order valence-corrected chi connectivity index (χ4v) is 4.13. The van der Waals surface area contributed by atoms with Crippen LogP contribution in [-0.2, 0) is 14.3 Å². The summed E-state index contributed by atoms with van der Waals surface area (Å²) in [6, 6.07) is 7.00. The number of aliphatic imine (C=N–C) groups is 1. The molecule has 142 valence electrons. The Morgan fingerprint density at radius 3 is 2.81 bits per heavy atom. The van der Waals surface area contributed by atoms with E-state index in [-0.39, 0.29) is 17.8 Å². The van der Waals surface area contributed by atoms with Crippen molar-refractivity contribution in [1.29, 1.82) is 0 Å². The minimum absolute atomic E-state index is 0.0669. The summed E-state index contributed by atoms with van der Waals surface area (Å²) in [5.41, 5.74) is 1.82. The van der Waals surface area contributed by atoms with Crippen LogP contribution < -0.4 is 4.74 Å². The molecule has 1 fully saturated rings. The molecule has 0 N–H and O–H groups in total. The number of amidine groups is 1. The average Bonchev–Trinajstić information content (AvgIpc) is 2.93. The van der Waals surface area contributed by atoms with Crippen LogP contribution >= 0.6 is 11.8 Å². The first-order valence-corrected chi connectivity index (χ1v) is 9.63. The van der Waals surface area contributed by atoms with Gasteiger partial charge in [0, 0.05) is 5.56 Å². The number of nitrogens with zero attached hydrogens (tertiary/aromatic N) is 2. The van der Waals surface area contributed by atoms with E-state index in [0.29, 0.717) is 22.2 Å². The van der Waals surface area contributed by atoms with E-state index in [0.717, 1.165) is 5.56 Å². The maximum Gasteiger partial charge on any atom is 0.338 e. The summed E-state index contributed by atoms with van der Waals surface area (Å²) in [4.78, 5) is 31.3. The second kappa shape index (κ2) is 8.00. The number of allylic oxidation sites excluding steroid dienone is 1. The van der Waals surface area contributed by atoms with Gasteiger partial charge in [0.15, 0.2) is 5.17 Å². The van der Waals surface area contributed by atoms with Gasteiger partial charge in [-0.3, -0.25) is 9.69 Å². The van der Waals surface area contributed by atoms with E-state index in [4.69, 9.17) is 9.47 Å². The normalized spacial score (nSPS) is 22.1. The van der Waals surface area contributed by atoms with Crippen LogP contribution in [0.2, 0.25) is 0 Å². The number of hydrogen-bond acceptors (Lipinski definition) is 6. The molecule has 0 saturated carbocycles. The van der Waals surface area contributed by atoms with Gasteiger partial charge in [-0.1, -0.05) is 42.1 Å². The number of hydrogen-bond donors (Lipinski definition) is 0. The van der Waals surface area contributed by atoms with Gasteiger partial charge in [-0.25, -0.2) is 9.79 Å². The van der Waals surface area contributed by atoms with Crippen molar-refractivity contribution >= 4 is 34.9 Å². The van der Waals surface area contributed by atoms with E-state index in [1.807, 2.05) is 43.3 Å². The lowest BCUT2D eigenvalue weighted by molar-refractivity contribution is -0.139. The second-order valence-corrected chi connectivity index (χ2v) is 7.44. The molecule has 27 heavy (non-hydrogen) atoms. The molecule has 2 heterocycles. The number of benzene rings is 1. The molecule has 2 aliphatic heterocycles. The molecule has 1 saturated heterocycles. The highest BCUT2D eigenvalue weighted by molar-refractivity contribution is 8.15. The third-order valence-corrected chi connectivity index (χ3v) is 5.45. The monoisotopic (exact) mass is 386 g/mol. The van der Waals surface area contributed by atoms with Gasteiger partial charge in [0.1, 0.15) is 5.75 Å². The molecule has 1 aromatic rings. The summed E-state index contributed by atoms with van der Waals surface area (Å²) >= 11 is 1.40. The summed E-state index contributed by atoms with van der Waals surface area (Å²) < 4.78 is 10.6. The highest BCUT2D eigenvalue weighted by Gasteiger charge is 2.44. The summed E-state index contributed by atoms with van der Waals surface area (Å²) in [5.74, 6) is 0.194. The zero-order valence-electron chi connectivity index (χ0n) is 15.8. The topological polar surface area (TPSA) is 68.2 Å². The van der Waals surface area contributed by atoms with Gasteiger partial charge >= 0.3 is 5.97 Å². The number of carbonyl (C=O) groups excluding carboxylic acids is 2. The largest absolute Gasteiger partial charge is 0.496 e. The quantitative estimate of drug-likeness (QED) is 0.727. The number of fused-ring (bicyclic) bond motifs is 1. The zero-order chi connectivity index (χ0) is 19.6. The molecule has 0 aliphatic carbocycles. The fourth-order valence-electron chi connectivity index (χ4n) is 3.10. The summed E-state index contributed by atoms with van der Waals surface area (Å²) in [7, 11) is 1.61. The van der Waals surface area contributed by atoms with E-state index in [2.05, 4.69) is 4.99 Å². The van der Waals surface area contributed by atoms with Crippen molar-refractivity contribution in [2.45, 2.75) is 32.1 Å². The van der Waals surface area contributed by atoms with Crippen LogP contribution in [0.4, 0.5) is 0 Å². The van der Waals surface area contributed by atoms with Gasteiger partial charge in [-0.2, -0.15) is 0 Å². The van der Waals surface area contributed by atoms with Crippen molar-refractivity contribution in [3.8, 4) is 5.75 Å². The maximum atomic E-state index is 12.7. The first kappa shape index (κ1) is 19.2. The molecule has 0 bridgehead atoms. The zero-order valence-corrected chi connectivity index (χ0v) is 16.6. The molecule has 7 heteroatoms. The van der Waals surface area contributed by atoms with E-state index >= 15 is 0 Å². The number of amides is 1. The van der Waals surface area contributed by atoms with Crippen LogP contribution in [0, 0.1) is 0 Å². The van der Waals surface area contributed by atoms with Crippen molar-refractivity contribution in [2.75, 3.05) is 13.7 Å². The molecule has 0 radical (unpaired) electrons. The van der Waals surface area contributed by atoms with Gasteiger partial charge in [0.05, 0.1) is 36.3 Å². The lowest BCUT2D eigenvalue weighted by Crippen LogP contribution is -2.45. The Hall–Kier alpha value is -2.54. The standard InChI is InChI=1S/C20H22N2O4S/c1-5-26-19(24)17-12(2)21-20-22(18(23)13(3)27-20)15(17)11-10-14-8-6-7-9-16(14)25-4/h6-11,13,15H,5H2,1-4H3. The van der Waals surface area contributed by atoms with E-state index in [9.17, 15) is 9.59 Å². The van der Waals surface area contributed by atoms with E-state index in [1.165, 1.54) is 11.8 Å². The van der Waals surface area contributed by atoms with Crippen molar-refractivity contribution in [1.82, 2.24) is 4.90 Å². The van der Waals surface area contributed by atoms with E-state index in [1.54, 1.807) is 25.9 Å². The Morgan fingerprint density at radius 2 is 2.11 bits per heavy atom. The smallest absolute Gasteiger partial charge is 0.338 e. The number of thioether (sulfide) groups is 1. The minimum atomic E-state index is -0.564. The first-order valence-electron chi connectivity index (χ1n) is 8.75. The summed E-state index contributed by atoms with van der Waals surface area (Å²) in [5, 5.41) is 0.382. The van der Waals surface area contributed by atoms with Crippen molar-refractivity contribution < 1.29 is 19.1 Å². The van der Waals surface area contributed by atoms with Crippen LogP contribution in [-0.4, -0.2) is 47.0 Å². The Bertz CT molecular complexity index is 859. The molecule has 1 amide bonds. The number of rotatable bonds is 5. The predicted octanol–water partition coefficient (Wildman–Crippen LogP) is 3.25. The highest BCUT2D eigenvalue weighted by atomic mass is 32.2. The molecule has 2 unspecified atom stereocenters. The first-order chi connectivity index (χ1) is 13.0. The van der Waals surface area contributed by atoms with Crippen molar-refractivity contribution in [3.05, 3.63) is 47.2 Å². The fraction of sp³-hybridized carbons (Fsp3) is 0.350. The predicted molar refractivity (Wildman–Crippen MR) is 106 cm³/mol. The number of methoxy groups -OCH3 is 1. The molecule has 0 spiro atoms. The van der Waals surface area contributed by atoms with Gasteiger partial charge in [-0.15, -0.1) is 0 Å². The van der Waals surface area contributed by atoms with Gasteiger partial charge in [0.2, 0.25) is 5.91 Å². The Kier molecular flexibility index (Phi) is 5.70. The van der Waals surface area contributed by atoms with Gasteiger partial charge in [0.25, 0.3) is 0 Å².